The molecular weight excluding hydrogens is 470 g/mol. The first-order valence-electron chi connectivity index (χ1n) is 9.37. The summed E-state index contributed by atoms with van der Waals surface area (Å²) in [6, 6.07) is 4.21. The molecule has 0 radical (unpaired) electrons. The molecule has 0 aliphatic rings. The van der Waals surface area contributed by atoms with Gasteiger partial charge in [-0.2, -0.15) is 0 Å². The van der Waals surface area contributed by atoms with E-state index in [0.29, 0.717) is 21.1 Å². The van der Waals surface area contributed by atoms with Gasteiger partial charge in [0.1, 0.15) is 5.00 Å². The highest BCUT2D eigenvalue weighted by Crippen LogP contribution is 2.34. The second kappa shape index (κ2) is 10.9. The monoisotopic (exact) mass is 493 g/mol. The number of carbonyl (C=O) groups is 4. The van der Waals surface area contributed by atoms with Gasteiger partial charge in [-0.25, -0.2) is 14.4 Å². The largest absolute Gasteiger partial charge is 0.465 e. The Morgan fingerprint density at radius 1 is 0.879 bits per heavy atom. The van der Waals surface area contributed by atoms with Crippen molar-refractivity contribution in [3.05, 3.63) is 45.3 Å². The van der Waals surface area contributed by atoms with Crippen LogP contribution in [0.15, 0.2) is 18.2 Å². The number of thiocarbonyl (C=S) groups is 1. The van der Waals surface area contributed by atoms with Crippen molar-refractivity contribution in [3.8, 4) is 0 Å². The lowest BCUT2D eigenvalue weighted by atomic mass is 10.1. The van der Waals surface area contributed by atoms with Gasteiger partial charge in [0.15, 0.2) is 5.11 Å². The van der Waals surface area contributed by atoms with Gasteiger partial charge in [-0.3, -0.25) is 4.79 Å². The highest BCUT2D eigenvalue weighted by Gasteiger charge is 2.26. The van der Waals surface area contributed by atoms with Gasteiger partial charge in [-0.1, -0.05) is 0 Å². The van der Waals surface area contributed by atoms with Gasteiger partial charge in [-0.15, -0.1) is 11.3 Å². The molecule has 0 aliphatic carbocycles. The minimum absolute atomic E-state index is 0.0445. The van der Waals surface area contributed by atoms with Gasteiger partial charge in [0, 0.05) is 19.8 Å². The molecule has 2 N–H and O–H groups in total. The Labute approximate surface area is 199 Å². The van der Waals surface area contributed by atoms with E-state index in [0.717, 1.165) is 11.3 Å². The zero-order valence-corrected chi connectivity index (χ0v) is 20.5. The first kappa shape index (κ1) is 25.7. The topological polar surface area (TPSA) is 123 Å². The Balaban J connectivity index is 2.40. The van der Waals surface area contributed by atoms with Crippen LogP contribution in [0.5, 0.6) is 0 Å². The standard InChI is InChI=1S/C21H23N3O7S2/c1-10-14(20(28)31-6)16(33-15(10)17(25)24(2)3)23-21(32)22-13-8-11(18(26)29-4)7-12(9-13)19(27)30-5/h7-9H,1-6H3,(H2,22,23,32). The Morgan fingerprint density at radius 3 is 1.85 bits per heavy atom. The SMILES string of the molecule is COC(=O)c1cc(NC(=S)Nc2sc(C(=O)N(C)C)c(C)c2C(=O)OC)cc(C(=O)OC)c1. The minimum atomic E-state index is -0.656. The molecule has 2 rings (SSSR count). The Morgan fingerprint density at radius 2 is 1.39 bits per heavy atom. The van der Waals surface area contributed by atoms with Crippen molar-refractivity contribution in [1.29, 1.82) is 0 Å². The summed E-state index contributed by atoms with van der Waals surface area (Å²) in [6.45, 7) is 1.64. The van der Waals surface area contributed by atoms with Crippen LogP contribution in [0.4, 0.5) is 10.7 Å². The highest BCUT2D eigenvalue weighted by molar-refractivity contribution is 7.80. The number of thiophene rings is 1. The van der Waals surface area contributed by atoms with E-state index in [4.69, 9.17) is 26.4 Å². The van der Waals surface area contributed by atoms with Crippen molar-refractivity contribution < 1.29 is 33.4 Å². The molecule has 1 amide bonds. The predicted octanol–water partition coefficient (Wildman–Crippen LogP) is 2.93. The lowest BCUT2D eigenvalue weighted by molar-refractivity contribution is 0.0587. The summed E-state index contributed by atoms with van der Waals surface area (Å²) in [7, 11) is 6.87. The maximum atomic E-state index is 12.5. The zero-order valence-electron chi connectivity index (χ0n) is 18.9. The fraction of sp³-hybridized carbons (Fsp3) is 0.286. The molecule has 0 saturated heterocycles. The van der Waals surface area contributed by atoms with Crippen molar-refractivity contribution in [1.82, 2.24) is 4.90 Å². The van der Waals surface area contributed by atoms with Gasteiger partial charge < -0.3 is 29.7 Å². The second-order valence-corrected chi connectivity index (χ2v) is 8.24. The van der Waals surface area contributed by atoms with E-state index in [1.54, 1.807) is 21.0 Å². The summed E-state index contributed by atoms with van der Waals surface area (Å²) in [4.78, 5) is 50.6. The minimum Gasteiger partial charge on any atom is -0.465 e. The molecule has 176 valence electrons. The lowest BCUT2D eigenvalue weighted by Gasteiger charge is -2.13. The number of esters is 3. The van der Waals surface area contributed by atoms with E-state index in [1.165, 1.54) is 44.4 Å². The summed E-state index contributed by atoms with van der Waals surface area (Å²) in [5.41, 5.74) is 1.14. The number of carbonyl (C=O) groups excluding carboxylic acids is 4. The molecule has 0 spiro atoms. The van der Waals surface area contributed by atoms with E-state index < -0.39 is 17.9 Å². The van der Waals surface area contributed by atoms with Gasteiger partial charge >= 0.3 is 17.9 Å². The number of benzene rings is 1. The molecule has 12 heteroatoms. The number of amides is 1. The van der Waals surface area contributed by atoms with E-state index in [2.05, 4.69) is 10.6 Å². The maximum absolute atomic E-state index is 12.5. The Hall–Kier alpha value is -3.51. The van der Waals surface area contributed by atoms with Crippen molar-refractivity contribution in [3.63, 3.8) is 0 Å². The molecule has 1 aromatic carbocycles. The molecule has 0 fully saturated rings. The normalized spacial score (nSPS) is 10.1. The second-order valence-electron chi connectivity index (χ2n) is 6.81. The average molecular weight is 494 g/mol. The Bertz CT molecular complexity index is 1090. The maximum Gasteiger partial charge on any atom is 0.341 e. The number of rotatable bonds is 6. The van der Waals surface area contributed by atoms with Crippen LogP contribution in [-0.2, 0) is 14.2 Å². The van der Waals surface area contributed by atoms with Gasteiger partial charge in [0.2, 0.25) is 0 Å². The summed E-state index contributed by atoms with van der Waals surface area (Å²) in [6.07, 6.45) is 0. The van der Waals surface area contributed by atoms with Crippen LogP contribution in [-0.4, -0.2) is 69.3 Å². The molecule has 10 nitrogen and oxygen atoms in total. The van der Waals surface area contributed by atoms with Gasteiger partial charge in [0.25, 0.3) is 5.91 Å². The lowest BCUT2D eigenvalue weighted by Crippen LogP contribution is -2.21. The number of ether oxygens (including phenoxy) is 3. The summed E-state index contributed by atoms with van der Waals surface area (Å²) < 4.78 is 14.3. The van der Waals surface area contributed by atoms with Gasteiger partial charge in [-0.05, 0) is 42.9 Å². The number of nitrogens with one attached hydrogen (secondary N) is 2. The quantitative estimate of drug-likeness (QED) is 0.353. The van der Waals surface area contributed by atoms with E-state index >= 15 is 0 Å². The number of nitrogens with zero attached hydrogens (tertiary/aromatic N) is 1. The molecule has 0 aliphatic heterocycles. The molecule has 0 bridgehead atoms. The van der Waals surface area contributed by atoms with E-state index in [9.17, 15) is 19.2 Å². The van der Waals surface area contributed by atoms with Crippen LogP contribution < -0.4 is 10.6 Å². The number of anilines is 2. The predicted molar refractivity (Wildman–Crippen MR) is 127 cm³/mol. The third-order valence-electron chi connectivity index (χ3n) is 4.40. The van der Waals surface area contributed by atoms with Crippen LogP contribution in [0.2, 0.25) is 0 Å². The van der Waals surface area contributed by atoms with Crippen LogP contribution in [0, 0.1) is 6.92 Å². The molecular formula is C21H23N3O7S2. The molecule has 33 heavy (non-hydrogen) atoms. The Kier molecular flexibility index (Phi) is 8.49. The summed E-state index contributed by atoms with van der Waals surface area (Å²) >= 11 is 6.40. The fourth-order valence-corrected chi connectivity index (χ4v) is 4.30. The van der Waals surface area contributed by atoms with Crippen molar-refractivity contribution >= 4 is 63.2 Å². The molecule has 0 unspecified atom stereocenters. The molecule has 1 aromatic heterocycles. The molecule has 0 atom stereocenters. The fourth-order valence-electron chi connectivity index (χ4n) is 2.79. The summed E-state index contributed by atoms with van der Waals surface area (Å²) in [5.74, 6) is -2.22. The van der Waals surface area contributed by atoms with E-state index in [-0.39, 0.29) is 27.7 Å². The molecule has 2 aromatic rings. The first-order valence-corrected chi connectivity index (χ1v) is 10.6. The number of methoxy groups -OCH3 is 3. The average Bonchev–Trinajstić information content (AvgIpc) is 3.11. The summed E-state index contributed by atoms with van der Waals surface area (Å²) in [5, 5.41) is 6.10. The van der Waals surface area contributed by atoms with Crippen LogP contribution in [0.25, 0.3) is 0 Å². The van der Waals surface area contributed by atoms with Crippen LogP contribution in [0.3, 0.4) is 0 Å². The zero-order chi connectivity index (χ0) is 24.9. The third kappa shape index (κ3) is 5.84. The first-order chi connectivity index (χ1) is 15.5. The number of hydrogen-bond donors (Lipinski definition) is 2. The third-order valence-corrected chi connectivity index (χ3v) is 5.80. The van der Waals surface area contributed by atoms with Crippen LogP contribution >= 0.6 is 23.6 Å². The molecule has 1 heterocycles. The van der Waals surface area contributed by atoms with Crippen molar-refractivity contribution in [2.75, 3.05) is 46.1 Å². The van der Waals surface area contributed by atoms with E-state index in [1.807, 2.05) is 0 Å². The van der Waals surface area contributed by atoms with Crippen LogP contribution in [0.1, 0.15) is 46.3 Å². The number of hydrogen-bond acceptors (Lipinski definition) is 9. The van der Waals surface area contributed by atoms with Crippen molar-refractivity contribution in [2.45, 2.75) is 6.92 Å². The van der Waals surface area contributed by atoms with Gasteiger partial charge in [0.05, 0.1) is 42.9 Å². The molecule has 0 saturated carbocycles. The highest BCUT2D eigenvalue weighted by atomic mass is 32.1. The smallest absolute Gasteiger partial charge is 0.341 e. The van der Waals surface area contributed by atoms with Crippen molar-refractivity contribution in [2.24, 2.45) is 0 Å².